The van der Waals surface area contributed by atoms with Crippen molar-refractivity contribution in [3.8, 4) is 0 Å². The van der Waals surface area contributed by atoms with E-state index in [-0.39, 0.29) is 0 Å². The Labute approximate surface area is 585 Å². The topological polar surface area (TPSA) is 6.48 Å². The third-order valence-electron chi connectivity index (χ3n) is 25.3. The predicted octanol–water partition coefficient (Wildman–Crippen LogP) is 26.5. The highest BCUT2D eigenvalue weighted by Gasteiger charge is 2.51. The normalized spacial score (nSPS) is 22.9. The van der Waals surface area contributed by atoms with Crippen molar-refractivity contribution in [3.05, 3.63) is 321 Å². The molecule has 2 heteroatoms. The van der Waals surface area contributed by atoms with Crippen molar-refractivity contribution in [3.63, 3.8) is 0 Å². The van der Waals surface area contributed by atoms with Gasteiger partial charge in [-0.1, -0.05) is 216 Å². The second-order valence-electron chi connectivity index (χ2n) is 31.7. The highest BCUT2D eigenvalue weighted by Crippen LogP contribution is 2.64. The van der Waals surface area contributed by atoms with Gasteiger partial charge in [-0.2, -0.15) is 0 Å². The summed E-state index contributed by atoms with van der Waals surface area (Å²) in [6.45, 7) is 11.0. The monoisotopic (exact) mass is 1280 g/mol. The average molecular weight is 1280 g/mol. The van der Waals surface area contributed by atoms with Crippen LogP contribution in [0.15, 0.2) is 249 Å². The SMILES string of the molecule is Cc1ccc(C(=Cc2ccc(N(c3ccc(C)cc3)c3ccc4c5c(C6C7CC8CC(C7)CC6C8)ccc6c(N(c7ccc(C)cc7)c7ccc(C=C(c8ccc(C)cc8)c8ccc(C)cc8)cc7)ccc(c7c(C8C9CC%10CC(C9)CC8C%10)ccc3c47)c65)cc2)c2ccccc2)cc1. The summed E-state index contributed by atoms with van der Waals surface area (Å²) in [6, 6.07) is 96.4. The number of benzene rings is 13. The lowest BCUT2D eigenvalue weighted by Crippen LogP contribution is -2.43. The lowest BCUT2D eigenvalue weighted by molar-refractivity contribution is -0.00237. The highest BCUT2D eigenvalue weighted by molar-refractivity contribution is 6.37. The van der Waals surface area contributed by atoms with Crippen LogP contribution in [0.2, 0.25) is 0 Å². The first-order chi connectivity index (χ1) is 48.5. The molecule has 0 spiro atoms. The van der Waals surface area contributed by atoms with Crippen molar-refractivity contribution in [1.29, 1.82) is 0 Å². The van der Waals surface area contributed by atoms with Crippen LogP contribution in [0, 0.1) is 82.0 Å². The molecule has 0 atom stereocenters. The van der Waals surface area contributed by atoms with Gasteiger partial charge in [0.1, 0.15) is 0 Å². The van der Waals surface area contributed by atoms with Gasteiger partial charge in [-0.15, -0.1) is 0 Å². The number of hydrogen-bond acceptors (Lipinski definition) is 2. The van der Waals surface area contributed by atoms with Crippen LogP contribution in [0.4, 0.5) is 34.1 Å². The molecule has 8 aliphatic carbocycles. The number of rotatable bonds is 14. The molecule has 0 aliphatic heterocycles. The first-order valence-corrected chi connectivity index (χ1v) is 37.4. The summed E-state index contributed by atoms with van der Waals surface area (Å²) in [5, 5.41) is 11.5. The molecule has 8 fully saturated rings. The zero-order valence-electron chi connectivity index (χ0n) is 58.1. The van der Waals surface area contributed by atoms with Gasteiger partial charge in [0.05, 0.1) is 11.4 Å². The van der Waals surface area contributed by atoms with Gasteiger partial charge in [-0.3, -0.25) is 0 Å². The van der Waals surface area contributed by atoms with Gasteiger partial charge in [0.25, 0.3) is 0 Å². The summed E-state index contributed by atoms with van der Waals surface area (Å²) in [5.74, 6) is 7.52. The molecule has 486 valence electrons. The molecule has 8 aliphatic rings. The molecule has 0 unspecified atom stereocenters. The molecule has 0 aromatic heterocycles. The first-order valence-electron chi connectivity index (χ1n) is 37.4. The Hall–Kier alpha value is -9.76. The minimum atomic E-state index is 0.543. The maximum Gasteiger partial charge on any atom is 0.0540 e. The highest BCUT2D eigenvalue weighted by atomic mass is 15.1. The molecule has 13 aromatic carbocycles. The Morgan fingerprint density at radius 1 is 0.263 bits per heavy atom. The third-order valence-corrected chi connectivity index (χ3v) is 25.3. The molecule has 0 radical (unpaired) electrons. The van der Waals surface area contributed by atoms with Gasteiger partial charge in [0, 0.05) is 33.5 Å². The van der Waals surface area contributed by atoms with Crippen LogP contribution in [0.25, 0.3) is 66.4 Å². The van der Waals surface area contributed by atoms with Crippen LogP contribution in [-0.2, 0) is 0 Å². The standard InChI is InChI=1S/C97H88N2/c1-59-11-25-71(26-12-59)88(70-9-7-6-8-10-70)57-64-21-35-80(36-22-64)98(78-31-17-62(4)18-32-78)90-45-43-86-94-82(90)39-41-84(92-74-49-66-47-67(51-74)52-75(92)50-66)96(94)87-44-46-91(83-40-42-85(97(86)95(83)87)93-76-53-68-48-69(55-76)56-77(93)54-68)99(79-33-19-63(5)20-34-79)81-37-23-65(24-38-81)58-89(72-27-13-60(2)14-28-72)73-29-15-61(3)16-30-73/h6-46,57-58,66-69,74-77,92-93H,47-56H2,1-5H3. The number of fused-ring (bicyclic) bond motifs is 2. The lowest BCUT2D eigenvalue weighted by Gasteiger charge is -2.55. The van der Waals surface area contributed by atoms with Crippen LogP contribution < -0.4 is 9.80 Å². The Bertz CT molecular complexity index is 5160. The van der Waals surface area contributed by atoms with Crippen molar-refractivity contribution in [1.82, 2.24) is 0 Å². The first kappa shape index (κ1) is 60.4. The summed E-state index contributed by atoms with van der Waals surface area (Å²) in [5.41, 5.74) is 26.4. The van der Waals surface area contributed by atoms with E-state index in [1.54, 1.807) is 11.1 Å². The fraction of sp³-hybridized carbons (Fsp3) is 0.258. The van der Waals surface area contributed by atoms with E-state index in [9.17, 15) is 0 Å². The molecule has 21 rings (SSSR count). The van der Waals surface area contributed by atoms with Crippen molar-refractivity contribution >= 4 is 101 Å². The van der Waals surface area contributed by atoms with E-state index >= 15 is 0 Å². The van der Waals surface area contributed by atoms with E-state index in [1.165, 1.54) is 202 Å². The number of nitrogens with zero attached hydrogens (tertiary/aromatic N) is 2. The Morgan fingerprint density at radius 2 is 0.545 bits per heavy atom. The van der Waals surface area contributed by atoms with E-state index in [2.05, 4.69) is 305 Å². The molecule has 8 saturated carbocycles. The van der Waals surface area contributed by atoms with Crippen LogP contribution in [0.5, 0.6) is 0 Å². The van der Waals surface area contributed by atoms with Gasteiger partial charge >= 0.3 is 0 Å². The van der Waals surface area contributed by atoms with Crippen molar-refractivity contribution < 1.29 is 0 Å². The summed E-state index contributed by atoms with van der Waals surface area (Å²) in [6.07, 6.45) is 18.7. The van der Waals surface area contributed by atoms with Crippen molar-refractivity contribution in [2.24, 2.45) is 47.3 Å². The second-order valence-corrected chi connectivity index (χ2v) is 31.7. The Balaban J connectivity index is 0.837. The lowest BCUT2D eigenvalue weighted by atomic mass is 9.50. The summed E-state index contributed by atoms with van der Waals surface area (Å²) < 4.78 is 0. The fourth-order valence-electron chi connectivity index (χ4n) is 21.2. The van der Waals surface area contributed by atoms with Gasteiger partial charge < -0.3 is 9.80 Å². The van der Waals surface area contributed by atoms with Crippen LogP contribution in [0.1, 0.15) is 148 Å². The third kappa shape index (κ3) is 10.6. The number of aryl methyl sites for hydroxylation is 5. The molecule has 2 nitrogen and oxygen atoms in total. The van der Waals surface area contributed by atoms with Crippen LogP contribution in [-0.4, -0.2) is 0 Å². The quantitative estimate of drug-likeness (QED) is 0.0608. The van der Waals surface area contributed by atoms with Gasteiger partial charge in [0.15, 0.2) is 0 Å². The van der Waals surface area contributed by atoms with Crippen molar-refractivity contribution in [2.75, 3.05) is 9.80 Å². The zero-order chi connectivity index (χ0) is 66.1. The zero-order valence-corrected chi connectivity index (χ0v) is 58.1. The van der Waals surface area contributed by atoms with Crippen molar-refractivity contribution in [2.45, 2.75) is 111 Å². The van der Waals surface area contributed by atoms with Gasteiger partial charge in [-0.25, -0.2) is 0 Å². The Kier molecular flexibility index (Phi) is 14.8. The number of hydrogen-bond donors (Lipinski definition) is 0. The fourth-order valence-corrected chi connectivity index (χ4v) is 21.2. The molecule has 13 aromatic rings. The summed E-state index contributed by atoms with van der Waals surface area (Å²) in [4.78, 5) is 5.17. The van der Waals surface area contributed by atoms with E-state index in [0.717, 1.165) is 58.7 Å². The van der Waals surface area contributed by atoms with E-state index < -0.39 is 0 Å². The minimum absolute atomic E-state index is 0.543. The summed E-state index contributed by atoms with van der Waals surface area (Å²) >= 11 is 0. The maximum atomic E-state index is 2.68. The van der Waals surface area contributed by atoms with E-state index in [1.807, 2.05) is 0 Å². The maximum absolute atomic E-state index is 2.68. The van der Waals surface area contributed by atoms with Gasteiger partial charge in [0.2, 0.25) is 0 Å². The smallest absolute Gasteiger partial charge is 0.0540 e. The minimum Gasteiger partial charge on any atom is -0.310 e. The van der Waals surface area contributed by atoms with Crippen LogP contribution >= 0.6 is 0 Å². The molecular weight excluding hydrogens is 1190 g/mol. The molecule has 0 amide bonds. The van der Waals surface area contributed by atoms with E-state index in [4.69, 9.17) is 0 Å². The average Bonchev–Trinajstić information content (AvgIpc) is 0.687. The summed E-state index contributed by atoms with van der Waals surface area (Å²) in [7, 11) is 0. The molecule has 99 heavy (non-hydrogen) atoms. The van der Waals surface area contributed by atoms with Crippen LogP contribution in [0.3, 0.4) is 0 Å². The number of anilines is 6. The molecule has 0 saturated heterocycles. The molecule has 0 N–H and O–H groups in total. The molecular formula is C97H88N2. The predicted molar refractivity (Wildman–Crippen MR) is 420 cm³/mol. The Morgan fingerprint density at radius 3 is 0.869 bits per heavy atom. The van der Waals surface area contributed by atoms with E-state index in [0.29, 0.717) is 11.8 Å². The largest absolute Gasteiger partial charge is 0.310 e. The molecule has 0 heterocycles. The molecule has 8 bridgehead atoms. The van der Waals surface area contributed by atoms with Gasteiger partial charge in [-0.05, 0) is 319 Å². The second kappa shape index (κ2) is 24.3.